The fourth-order valence-corrected chi connectivity index (χ4v) is 4.95. The third kappa shape index (κ3) is 10.5. The number of aromatic hydroxyl groups is 1. The third-order valence-corrected chi connectivity index (χ3v) is 7.41. The first-order chi connectivity index (χ1) is 20.4. The summed E-state index contributed by atoms with van der Waals surface area (Å²) >= 11 is 0. The summed E-state index contributed by atoms with van der Waals surface area (Å²) in [5.74, 6) is 1.09. The molecule has 0 fully saturated rings. The topological polar surface area (TPSA) is 94.1 Å². The zero-order valence-corrected chi connectivity index (χ0v) is 26.7. The predicted octanol–water partition coefficient (Wildman–Crippen LogP) is 6.41. The molecule has 0 atom stereocenters. The molecule has 2 aromatic rings. The van der Waals surface area contributed by atoms with Gasteiger partial charge in [-0.15, -0.1) is 0 Å². The summed E-state index contributed by atoms with van der Waals surface area (Å²) in [6, 6.07) is 9.17. The largest absolute Gasteiger partial charge is 0.506 e. The Kier molecular flexibility index (Phi) is 12.2. The Balaban J connectivity index is 1.43. The van der Waals surface area contributed by atoms with Gasteiger partial charge in [-0.05, 0) is 75.5 Å². The number of ketones is 1. The Bertz CT molecular complexity index is 1290. The molecule has 1 aliphatic rings. The number of phenols is 1. The predicted molar refractivity (Wildman–Crippen MR) is 172 cm³/mol. The van der Waals surface area contributed by atoms with Gasteiger partial charge < -0.3 is 29.1 Å². The van der Waals surface area contributed by atoms with Crippen LogP contribution in [0.4, 0.5) is 0 Å². The van der Waals surface area contributed by atoms with Crippen LogP contribution in [0.5, 0.6) is 23.0 Å². The first-order valence-corrected chi connectivity index (χ1v) is 15.3. The molecule has 2 N–H and O–H groups in total. The van der Waals surface area contributed by atoms with Crippen LogP contribution in [0.15, 0.2) is 42.5 Å². The van der Waals surface area contributed by atoms with Gasteiger partial charge in [0, 0.05) is 12.6 Å². The number of ether oxygens (including phenoxy) is 3. The van der Waals surface area contributed by atoms with E-state index in [4.69, 9.17) is 14.2 Å². The molecule has 1 aliphatic heterocycles. The minimum Gasteiger partial charge on any atom is -0.506 e. The van der Waals surface area contributed by atoms with Crippen LogP contribution in [0.25, 0.3) is 12.2 Å². The molecule has 1 heterocycles. The van der Waals surface area contributed by atoms with Crippen molar-refractivity contribution in [2.75, 3.05) is 47.4 Å². The van der Waals surface area contributed by atoms with E-state index in [1.165, 1.54) is 13.2 Å². The van der Waals surface area contributed by atoms with Gasteiger partial charge in [0.1, 0.15) is 34.2 Å². The highest BCUT2D eigenvalue weighted by Gasteiger charge is 2.28. The fourth-order valence-electron chi connectivity index (χ4n) is 4.95. The molecule has 43 heavy (non-hydrogen) atoms. The number of unbranched alkanes of at least 4 members (excludes halogenated alkanes) is 4. The molecule has 2 aromatic carbocycles. The number of allylic oxidation sites excluding steroid dienone is 1. The van der Waals surface area contributed by atoms with Crippen molar-refractivity contribution in [2.45, 2.75) is 64.9 Å². The quantitative estimate of drug-likeness (QED) is 0.0953. The van der Waals surface area contributed by atoms with E-state index >= 15 is 0 Å². The van der Waals surface area contributed by atoms with E-state index in [9.17, 15) is 14.7 Å². The minimum atomic E-state index is -0.518. The maximum Gasteiger partial charge on any atom is 0.275 e. The second kappa shape index (κ2) is 15.6. The van der Waals surface area contributed by atoms with Gasteiger partial charge in [0.25, 0.3) is 5.91 Å². The second-order valence-corrected chi connectivity index (χ2v) is 12.3. The Morgan fingerprint density at radius 2 is 1.81 bits per heavy atom. The number of nitrogens with zero attached hydrogens (tertiary/aromatic N) is 1. The molecule has 8 nitrogen and oxygen atoms in total. The molecule has 0 saturated heterocycles. The lowest BCUT2D eigenvalue weighted by atomic mass is 9.97. The molecule has 0 aromatic heterocycles. The molecule has 8 heteroatoms. The number of likely N-dealkylation sites (N-methyl/N-ethyl adjacent to an activating group) is 1. The van der Waals surface area contributed by atoms with Crippen molar-refractivity contribution in [3.63, 3.8) is 0 Å². The Morgan fingerprint density at radius 3 is 2.51 bits per heavy atom. The molecule has 1 amide bonds. The molecule has 0 saturated carbocycles. The zero-order chi connectivity index (χ0) is 31.5. The first kappa shape index (κ1) is 33.7. The number of benzene rings is 2. The smallest absolute Gasteiger partial charge is 0.275 e. The van der Waals surface area contributed by atoms with Crippen LogP contribution in [0.3, 0.4) is 0 Å². The second-order valence-electron chi connectivity index (χ2n) is 12.3. The van der Waals surface area contributed by atoms with E-state index in [0.29, 0.717) is 28.9 Å². The summed E-state index contributed by atoms with van der Waals surface area (Å²) in [5.41, 5.74) is 0.868. The molecule has 0 radical (unpaired) electrons. The van der Waals surface area contributed by atoms with Crippen molar-refractivity contribution < 1.29 is 33.4 Å². The van der Waals surface area contributed by atoms with Crippen molar-refractivity contribution in [3.05, 3.63) is 59.2 Å². The maximum atomic E-state index is 13.1. The van der Waals surface area contributed by atoms with Crippen LogP contribution in [0, 0.1) is 0 Å². The molecule has 3 rings (SSSR count). The minimum absolute atomic E-state index is 0.0956. The highest BCUT2D eigenvalue weighted by molar-refractivity contribution is 6.11. The molecule has 0 spiro atoms. The molecular formula is C35H49N2O6+. The van der Waals surface area contributed by atoms with E-state index in [0.717, 1.165) is 62.9 Å². The van der Waals surface area contributed by atoms with E-state index in [2.05, 4.69) is 26.3 Å². The van der Waals surface area contributed by atoms with Crippen LogP contribution < -0.4 is 19.5 Å². The van der Waals surface area contributed by atoms with Gasteiger partial charge in [-0.2, -0.15) is 0 Å². The number of fused-ring (bicyclic) bond motifs is 1. The summed E-state index contributed by atoms with van der Waals surface area (Å²) < 4.78 is 17.9. The van der Waals surface area contributed by atoms with Crippen molar-refractivity contribution >= 4 is 23.8 Å². The van der Waals surface area contributed by atoms with Gasteiger partial charge in [-0.25, -0.2) is 0 Å². The van der Waals surface area contributed by atoms with Gasteiger partial charge >= 0.3 is 0 Å². The Hall–Kier alpha value is -3.78. The van der Waals surface area contributed by atoms with Gasteiger partial charge in [0.05, 0.1) is 39.9 Å². The molecular weight excluding hydrogens is 544 g/mol. The number of nitrogens with one attached hydrogen (secondary N) is 1. The van der Waals surface area contributed by atoms with E-state index in [1.807, 2.05) is 44.2 Å². The Morgan fingerprint density at radius 1 is 1.07 bits per heavy atom. The SMILES string of the molecule is CCCCCNC(=O)C[N+](C)(C)CCCCCOc1ccc(/C=C/C(=O)c2c(OC)cc3c(c2O)C=CC(C)(C)O3)cc1. The van der Waals surface area contributed by atoms with Crippen molar-refractivity contribution in [2.24, 2.45) is 0 Å². The number of rotatable bonds is 17. The summed E-state index contributed by atoms with van der Waals surface area (Å²) in [6.45, 7) is 8.81. The maximum absolute atomic E-state index is 13.1. The highest BCUT2D eigenvalue weighted by atomic mass is 16.5. The average Bonchev–Trinajstić information content (AvgIpc) is 2.95. The van der Waals surface area contributed by atoms with Crippen LogP contribution in [0.2, 0.25) is 0 Å². The van der Waals surface area contributed by atoms with E-state index < -0.39 is 5.60 Å². The molecule has 0 aliphatic carbocycles. The number of amides is 1. The lowest BCUT2D eigenvalue weighted by molar-refractivity contribution is -0.882. The van der Waals surface area contributed by atoms with Crippen molar-refractivity contribution in [1.29, 1.82) is 0 Å². The summed E-state index contributed by atoms with van der Waals surface area (Å²) in [7, 11) is 5.66. The molecule has 0 unspecified atom stereocenters. The van der Waals surface area contributed by atoms with Gasteiger partial charge in [0.2, 0.25) is 0 Å². The fraction of sp³-hybridized carbons (Fsp3) is 0.486. The number of hydrogen-bond donors (Lipinski definition) is 2. The van der Waals surface area contributed by atoms with Gasteiger partial charge in [-0.1, -0.05) is 38.0 Å². The van der Waals surface area contributed by atoms with Crippen LogP contribution in [-0.4, -0.2) is 74.3 Å². The monoisotopic (exact) mass is 593 g/mol. The Labute approximate surface area is 256 Å². The summed E-state index contributed by atoms with van der Waals surface area (Å²) in [6.07, 6.45) is 13.1. The highest BCUT2D eigenvalue weighted by Crippen LogP contribution is 2.43. The number of carbonyl (C=O) groups is 2. The van der Waals surface area contributed by atoms with Crippen LogP contribution in [0.1, 0.15) is 80.8 Å². The van der Waals surface area contributed by atoms with E-state index in [1.54, 1.807) is 18.2 Å². The third-order valence-electron chi connectivity index (χ3n) is 7.41. The lowest BCUT2D eigenvalue weighted by Gasteiger charge is -2.29. The standard InChI is InChI=1S/C35H48N2O6/c1-7-8-10-21-36-32(39)25-37(4,5)22-11-9-12-23-42-27-16-13-26(14-17-27)15-18-29(38)33-31(41-6)24-30-28(34(33)40)19-20-35(2,3)43-30/h13-20,24H,7-12,21-23,25H2,1-6H3,(H-,36,38,39,40)/p+1/b18-15+. The van der Waals surface area contributed by atoms with E-state index in [-0.39, 0.29) is 28.8 Å². The van der Waals surface area contributed by atoms with Gasteiger partial charge in [0.15, 0.2) is 12.3 Å². The normalized spacial score (nSPS) is 13.8. The molecule has 234 valence electrons. The van der Waals surface area contributed by atoms with Crippen LogP contribution >= 0.6 is 0 Å². The number of methoxy groups -OCH3 is 1. The number of phenolic OH excluding ortho intramolecular Hbond substituents is 1. The average molecular weight is 594 g/mol. The zero-order valence-electron chi connectivity index (χ0n) is 26.7. The van der Waals surface area contributed by atoms with Crippen molar-refractivity contribution in [1.82, 2.24) is 5.32 Å². The van der Waals surface area contributed by atoms with Crippen LogP contribution in [-0.2, 0) is 4.79 Å². The summed E-state index contributed by atoms with van der Waals surface area (Å²) in [5, 5.41) is 13.9. The first-order valence-electron chi connectivity index (χ1n) is 15.3. The number of carbonyl (C=O) groups excluding carboxylic acids is 2. The van der Waals surface area contributed by atoms with Gasteiger partial charge in [-0.3, -0.25) is 9.59 Å². The lowest BCUT2D eigenvalue weighted by Crippen LogP contribution is -2.48. The number of quaternary nitrogens is 1. The summed E-state index contributed by atoms with van der Waals surface area (Å²) in [4.78, 5) is 25.3. The molecule has 0 bridgehead atoms. The number of hydrogen-bond acceptors (Lipinski definition) is 6. The van der Waals surface area contributed by atoms with Crippen molar-refractivity contribution in [3.8, 4) is 23.0 Å².